The van der Waals surface area contributed by atoms with Crippen molar-refractivity contribution in [2.24, 2.45) is 7.05 Å². The minimum Gasteiger partial charge on any atom is -0.497 e. The van der Waals surface area contributed by atoms with Gasteiger partial charge in [0.2, 0.25) is 10.0 Å². The number of amides is 1. The van der Waals surface area contributed by atoms with Crippen LogP contribution in [-0.4, -0.2) is 52.3 Å². The second kappa shape index (κ2) is 13.6. The molecule has 0 radical (unpaired) electrons. The summed E-state index contributed by atoms with van der Waals surface area (Å²) in [5.41, 5.74) is -0.0429. The van der Waals surface area contributed by atoms with Gasteiger partial charge in [-0.1, -0.05) is 23.7 Å². The molecule has 0 aliphatic heterocycles. The summed E-state index contributed by atoms with van der Waals surface area (Å²) in [5.74, 6) is -2.32. The third-order valence-electron chi connectivity index (χ3n) is 8.09. The molecular formula is C34H28ClF3N6O6S. The zero-order chi connectivity index (χ0) is 36.8. The van der Waals surface area contributed by atoms with E-state index in [9.17, 15) is 36.3 Å². The molecule has 17 heteroatoms. The molecule has 264 valence electrons. The molecule has 0 saturated heterocycles. The lowest BCUT2D eigenvalue weighted by atomic mass is 10.0. The molecule has 51 heavy (non-hydrogen) atoms. The Kier molecular flexibility index (Phi) is 9.39. The Morgan fingerprint density at radius 2 is 1.69 bits per heavy atom. The van der Waals surface area contributed by atoms with E-state index in [0.29, 0.717) is 17.4 Å². The molecule has 0 aliphatic rings. The van der Waals surface area contributed by atoms with E-state index in [-0.39, 0.29) is 62.7 Å². The number of carboxylic acid groups (broad SMARTS) is 1. The minimum absolute atomic E-state index is 0.00825. The molecule has 0 unspecified atom stereocenters. The highest BCUT2D eigenvalue weighted by atomic mass is 35.5. The maximum Gasteiger partial charge on any atom is 0.405 e. The summed E-state index contributed by atoms with van der Waals surface area (Å²) in [6.45, 7) is -0.160. The molecule has 0 fully saturated rings. The lowest BCUT2D eigenvalue weighted by Crippen LogP contribution is -2.35. The Labute approximate surface area is 293 Å². The van der Waals surface area contributed by atoms with Gasteiger partial charge in [-0.25, -0.2) is 35.7 Å². The largest absolute Gasteiger partial charge is 0.497 e. The highest BCUT2D eigenvalue weighted by Crippen LogP contribution is 2.38. The Balaban J connectivity index is 1.63. The van der Waals surface area contributed by atoms with Crippen molar-refractivity contribution in [1.82, 2.24) is 24.6 Å². The van der Waals surface area contributed by atoms with E-state index in [1.165, 1.54) is 37.0 Å². The van der Waals surface area contributed by atoms with Gasteiger partial charge in [0, 0.05) is 19.5 Å². The van der Waals surface area contributed by atoms with Gasteiger partial charge in [0.15, 0.2) is 5.82 Å². The molecular weight excluding hydrogens is 713 g/mol. The molecule has 0 saturated carbocycles. The number of ether oxygens (including phenoxy) is 1. The van der Waals surface area contributed by atoms with Gasteiger partial charge in [0.25, 0.3) is 5.56 Å². The molecule has 6 aromatic rings. The van der Waals surface area contributed by atoms with Crippen molar-refractivity contribution in [3.05, 3.63) is 123 Å². The molecule has 1 amide bonds. The van der Waals surface area contributed by atoms with Crippen LogP contribution in [0.25, 0.3) is 27.5 Å². The number of hydrogen-bond acceptors (Lipinski definition) is 7. The summed E-state index contributed by atoms with van der Waals surface area (Å²) >= 11 is 6.73. The minimum atomic E-state index is -4.01. The highest BCUT2D eigenvalue weighted by Gasteiger charge is 2.30. The average molecular weight is 741 g/mol. The van der Waals surface area contributed by atoms with Crippen molar-refractivity contribution in [3.8, 4) is 11.4 Å². The first-order valence-electron chi connectivity index (χ1n) is 15.1. The summed E-state index contributed by atoms with van der Waals surface area (Å²) in [5, 5.41) is 16.6. The molecule has 4 aromatic carbocycles. The number of fused-ring (bicyclic) bond motifs is 2. The molecule has 0 aliphatic carbocycles. The van der Waals surface area contributed by atoms with Crippen LogP contribution < -0.4 is 19.9 Å². The number of nitrogens with zero attached hydrogens (tertiary/aromatic N) is 5. The normalized spacial score (nSPS) is 12.3. The number of rotatable bonds is 10. The second-order valence-corrected chi connectivity index (χ2v) is 13.9. The zero-order valence-corrected chi connectivity index (χ0v) is 28.6. The first-order chi connectivity index (χ1) is 24.1. The van der Waals surface area contributed by atoms with Gasteiger partial charge in [-0.2, -0.15) is 5.10 Å². The number of aryl methyl sites for hydroxylation is 1. The van der Waals surface area contributed by atoms with Gasteiger partial charge >= 0.3 is 6.09 Å². The van der Waals surface area contributed by atoms with Gasteiger partial charge in [0.1, 0.15) is 29.0 Å². The fourth-order valence-corrected chi connectivity index (χ4v) is 6.96. The van der Waals surface area contributed by atoms with E-state index >= 15 is 0 Å². The number of anilines is 1. The van der Waals surface area contributed by atoms with Crippen molar-refractivity contribution in [2.75, 3.05) is 17.7 Å². The number of benzene rings is 4. The van der Waals surface area contributed by atoms with Crippen molar-refractivity contribution < 1.29 is 36.2 Å². The number of hydrogen-bond donors (Lipinski definition) is 2. The van der Waals surface area contributed by atoms with Crippen LogP contribution in [0.4, 0.5) is 23.8 Å². The van der Waals surface area contributed by atoms with E-state index < -0.39 is 45.2 Å². The standard InChI is InChI=1S/C34H28ClF3N6O6S/c1-42-30-28(11-9-25(35)29(30)32(41-42)43(51(3,48)49)17-18-4-7-23(50-2)8-5-18)44-31(39-26-10-6-20(36)16-24(26)33(44)45)27(40-34(46)47)14-19-12-21(37)15-22(38)13-19/h4-13,15-16,27,40H,14,17H2,1-3H3,(H,46,47)/t27-/m0/s1. The Bertz CT molecular complexity index is 2490. The molecule has 12 nitrogen and oxygen atoms in total. The van der Waals surface area contributed by atoms with Gasteiger partial charge in [-0.05, 0) is 65.7 Å². The lowest BCUT2D eigenvalue weighted by Gasteiger charge is -2.23. The Hall–Kier alpha value is -5.61. The van der Waals surface area contributed by atoms with Crippen LogP contribution in [0.15, 0.2) is 77.6 Å². The summed E-state index contributed by atoms with van der Waals surface area (Å²) in [6.07, 6.45) is -0.906. The lowest BCUT2D eigenvalue weighted by molar-refractivity contribution is 0.189. The van der Waals surface area contributed by atoms with Crippen LogP contribution >= 0.6 is 11.6 Å². The topological polar surface area (TPSA) is 149 Å². The van der Waals surface area contributed by atoms with Crippen LogP contribution in [0.1, 0.15) is 23.0 Å². The fraction of sp³-hybridized carbons (Fsp3) is 0.176. The van der Waals surface area contributed by atoms with E-state index in [4.69, 9.17) is 16.3 Å². The zero-order valence-electron chi connectivity index (χ0n) is 27.1. The first kappa shape index (κ1) is 35.2. The molecule has 6 rings (SSSR count). The predicted octanol–water partition coefficient (Wildman–Crippen LogP) is 5.87. The number of nitrogens with one attached hydrogen (secondary N) is 1. The number of methoxy groups -OCH3 is 1. The summed E-state index contributed by atoms with van der Waals surface area (Å²) in [7, 11) is -1.03. The van der Waals surface area contributed by atoms with Crippen molar-refractivity contribution in [2.45, 2.75) is 19.0 Å². The molecule has 2 N–H and O–H groups in total. The highest BCUT2D eigenvalue weighted by molar-refractivity contribution is 7.92. The van der Waals surface area contributed by atoms with Crippen LogP contribution in [0.3, 0.4) is 0 Å². The number of sulfonamides is 1. The van der Waals surface area contributed by atoms with E-state index in [1.807, 2.05) is 0 Å². The van der Waals surface area contributed by atoms with Gasteiger partial charge < -0.3 is 15.2 Å². The smallest absolute Gasteiger partial charge is 0.405 e. The SMILES string of the molecule is COc1ccc(CN(c2nn(C)c3c(-n4c([C@H](Cc5cc(F)cc(F)c5)NC(=O)O)nc5ccc(F)cc5c4=O)ccc(Cl)c23)S(C)(=O)=O)cc1. The maximum absolute atomic E-state index is 14.5. The summed E-state index contributed by atoms with van der Waals surface area (Å²) in [6, 6.07) is 14.1. The maximum atomic E-state index is 14.5. The number of aromatic nitrogens is 4. The molecule has 0 spiro atoms. The van der Waals surface area contributed by atoms with Crippen LogP contribution in [-0.2, 0) is 30.0 Å². The van der Waals surface area contributed by atoms with Gasteiger partial charge in [-0.3, -0.25) is 14.0 Å². The van der Waals surface area contributed by atoms with Gasteiger partial charge in [0.05, 0.1) is 58.5 Å². The predicted molar refractivity (Wildman–Crippen MR) is 185 cm³/mol. The van der Waals surface area contributed by atoms with Crippen molar-refractivity contribution in [1.29, 1.82) is 0 Å². The third-order valence-corrected chi connectivity index (χ3v) is 9.51. The van der Waals surface area contributed by atoms with Crippen LogP contribution in [0.5, 0.6) is 5.75 Å². The average Bonchev–Trinajstić information content (AvgIpc) is 3.40. The summed E-state index contributed by atoms with van der Waals surface area (Å²) < 4.78 is 78.0. The van der Waals surface area contributed by atoms with Gasteiger partial charge in [-0.15, -0.1) is 0 Å². The number of halogens is 4. The second-order valence-electron chi connectivity index (χ2n) is 11.6. The monoisotopic (exact) mass is 740 g/mol. The summed E-state index contributed by atoms with van der Waals surface area (Å²) in [4.78, 5) is 31.0. The molecule has 0 bridgehead atoms. The van der Waals surface area contributed by atoms with E-state index in [1.54, 1.807) is 24.3 Å². The Morgan fingerprint density at radius 3 is 2.31 bits per heavy atom. The quantitative estimate of drug-likeness (QED) is 0.177. The first-order valence-corrected chi connectivity index (χ1v) is 17.3. The van der Waals surface area contributed by atoms with Crippen LogP contribution in [0.2, 0.25) is 5.02 Å². The molecule has 1 atom stereocenters. The van der Waals surface area contributed by atoms with E-state index in [2.05, 4.69) is 15.4 Å². The fourth-order valence-electron chi connectivity index (χ4n) is 5.90. The molecule has 2 heterocycles. The van der Waals surface area contributed by atoms with Crippen molar-refractivity contribution in [3.63, 3.8) is 0 Å². The Morgan fingerprint density at radius 1 is 1.00 bits per heavy atom. The van der Waals surface area contributed by atoms with E-state index in [0.717, 1.165) is 39.4 Å². The third kappa shape index (κ3) is 7.05. The van der Waals surface area contributed by atoms with Crippen LogP contribution in [0, 0.1) is 17.5 Å². The number of carbonyl (C=O) groups is 1. The molecule has 2 aromatic heterocycles. The van der Waals surface area contributed by atoms with Crippen molar-refractivity contribution >= 4 is 55.3 Å².